The topological polar surface area (TPSA) is 89.7 Å². The van der Waals surface area contributed by atoms with Gasteiger partial charge in [-0.15, -0.1) is 4.99 Å². The molecule has 3 aliphatic rings. The maximum absolute atomic E-state index is 12.9. The van der Waals surface area contributed by atoms with Gasteiger partial charge < -0.3 is 15.1 Å². The molecule has 1 amide bonds. The second-order valence-corrected chi connectivity index (χ2v) is 12.2. The Labute approximate surface area is 202 Å². The van der Waals surface area contributed by atoms with Gasteiger partial charge in [-0.25, -0.2) is 0 Å². The lowest BCUT2D eigenvalue weighted by Crippen LogP contribution is -2.49. The SMILES string of the molecule is [C-]#[N+]C1=CCC(C(=O)Nc2ccc(C3CN(C)S(=O)(=O)N(C)C3)cc2N2CCC(C)(C)CC2)=N1. The summed E-state index contributed by atoms with van der Waals surface area (Å²) in [6, 6.07) is 5.97. The van der Waals surface area contributed by atoms with Gasteiger partial charge in [0.25, 0.3) is 21.9 Å². The van der Waals surface area contributed by atoms with Gasteiger partial charge in [-0.3, -0.25) is 4.79 Å². The van der Waals surface area contributed by atoms with E-state index in [9.17, 15) is 13.2 Å². The van der Waals surface area contributed by atoms with Gasteiger partial charge in [0.1, 0.15) is 0 Å². The molecule has 0 spiro atoms. The summed E-state index contributed by atoms with van der Waals surface area (Å²) in [6.45, 7) is 14.2. The second-order valence-electron chi connectivity index (χ2n) is 10.1. The minimum absolute atomic E-state index is 0.0212. The summed E-state index contributed by atoms with van der Waals surface area (Å²) < 4.78 is 27.5. The highest BCUT2D eigenvalue weighted by molar-refractivity contribution is 7.86. The zero-order chi connectivity index (χ0) is 24.7. The molecule has 9 nitrogen and oxygen atoms in total. The molecule has 4 rings (SSSR count). The van der Waals surface area contributed by atoms with Crippen LogP contribution in [0.4, 0.5) is 11.4 Å². The van der Waals surface area contributed by atoms with E-state index in [1.54, 1.807) is 20.2 Å². The van der Waals surface area contributed by atoms with Crippen molar-refractivity contribution in [3.63, 3.8) is 0 Å². The number of nitrogens with zero attached hydrogens (tertiary/aromatic N) is 5. The van der Waals surface area contributed by atoms with Crippen molar-refractivity contribution in [2.24, 2.45) is 10.4 Å². The van der Waals surface area contributed by atoms with Gasteiger partial charge in [0.2, 0.25) is 0 Å². The number of hydrogen-bond acceptors (Lipinski definition) is 5. The molecule has 0 atom stereocenters. The lowest BCUT2D eigenvalue weighted by atomic mass is 9.82. The molecule has 0 bridgehead atoms. The number of carbonyl (C=O) groups is 1. The summed E-state index contributed by atoms with van der Waals surface area (Å²) in [5, 5.41) is 3.01. The first kappa shape index (κ1) is 24.4. The smallest absolute Gasteiger partial charge is 0.294 e. The first-order valence-corrected chi connectivity index (χ1v) is 12.9. The lowest BCUT2D eigenvalue weighted by Gasteiger charge is -2.40. The molecule has 0 aliphatic carbocycles. The maximum Gasteiger partial charge on any atom is 0.294 e. The molecule has 34 heavy (non-hydrogen) atoms. The van der Waals surface area contributed by atoms with Gasteiger partial charge in [-0.05, 0) is 36.0 Å². The first-order chi connectivity index (χ1) is 16.0. The Kier molecular flexibility index (Phi) is 6.55. The summed E-state index contributed by atoms with van der Waals surface area (Å²) in [5.41, 5.74) is 3.30. The van der Waals surface area contributed by atoms with Crippen LogP contribution in [0.15, 0.2) is 35.1 Å². The zero-order valence-electron chi connectivity index (χ0n) is 20.2. The Morgan fingerprint density at radius 1 is 1.18 bits per heavy atom. The Morgan fingerprint density at radius 3 is 2.41 bits per heavy atom. The van der Waals surface area contributed by atoms with Crippen LogP contribution in [-0.4, -0.2) is 68.9 Å². The molecule has 3 heterocycles. The average Bonchev–Trinajstić information content (AvgIpc) is 3.27. The van der Waals surface area contributed by atoms with Gasteiger partial charge in [0.05, 0.1) is 11.4 Å². The third kappa shape index (κ3) is 4.87. The van der Waals surface area contributed by atoms with Gasteiger partial charge in [0.15, 0.2) is 5.71 Å². The number of piperidine rings is 1. The van der Waals surface area contributed by atoms with Crippen molar-refractivity contribution in [2.75, 3.05) is 50.5 Å². The standard InChI is InChI=1S/C24H32N6O3S/c1-24(2)10-12-30(13-11-24)21-14-17(18-15-28(4)34(32,33)29(5)16-18)6-7-19(21)27-23(31)20-8-9-22(25-3)26-20/h6-7,9,14,18H,8,10-13,15-16H2,1-2,4-5H3,(H,27,31). The van der Waals surface area contributed by atoms with Crippen LogP contribution in [0.25, 0.3) is 4.85 Å². The number of likely N-dealkylation sites (N-methyl/N-ethyl adjacent to an activating group) is 2. The molecule has 2 fully saturated rings. The van der Waals surface area contributed by atoms with Crippen molar-refractivity contribution in [3.8, 4) is 0 Å². The van der Waals surface area contributed by atoms with Crippen molar-refractivity contribution in [1.82, 2.24) is 8.61 Å². The number of anilines is 2. The minimum Gasteiger partial charge on any atom is -0.370 e. The number of nitrogens with one attached hydrogen (secondary N) is 1. The van der Waals surface area contributed by atoms with Crippen molar-refractivity contribution in [3.05, 3.63) is 47.1 Å². The van der Waals surface area contributed by atoms with E-state index in [1.807, 2.05) is 12.1 Å². The van der Waals surface area contributed by atoms with E-state index in [2.05, 4.69) is 40.0 Å². The minimum atomic E-state index is -3.40. The molecule has 3 aliphatic heterocycles. The van der Waals surface area contributed by atoms with E-state index in [0.29, 0.717) is 30.9 Å². The largest absolute Gasteiger partial charge is 0.370 e. The molecule has 182 valence electrons. The molecule has 0 saturated carbocycles. The van der Waals surface area contributed by atoms with Crippen LogP contribution >= 0.6 is 0 Å². The van der Waals surface area contributed by atoms with E-state index in [1.165, 1.54) is 8.61 Å². The molecule has 0 unspecified atom stereocenters. The molecule has 0 radical (unpaired) electrons. The van der Waals surface area contributed by atoms with Crippen molar-refractivity contribution < 1.29 is 13.2 Å². The molecule has 0 aromatic heterocycles. The fourth-order valence-electron chi connectivity index (χ4n) is 4.66. The third-order valence-electron chi connectivity index (χ3n) is 7.05. The number of allylic oxidation sites excluding steroid dienone is 1. The predicted molar refractivity (Wildman–Crippen MR) is 134 cm³/mol. The summed E-state index contributed by atoms with van der Waals surface area (Å²) in [6.07, 6.45) is 4.10. The number of hydrogen-bond donors (Lipinski definition) is 1. The number of benzene rings is 1. The Morgan fingerprint density at radius 2 is 1.82 bits per heavy atom. The first-order valence-electron chi connectivity index (χ1n) is 11.5. The van der Waals surface area contributed by atoms with Gasteiger partial charge >= 0.3 is 0 Å². The van der Waals surface area contributed by atoms with Crippen LogP contribution in [0, 0.1) is 12.0 Å². The van der Waals surface area contributed by atoms with E-state index in [0.717, 1.165) is 37.2 Å². The second kappa shape index (κ2) is 9.13. The van der Waals surface area contributed by atoms with E-state index in [-0.39, 0.29) is 23.1 Å². The normalized spacial score (nSPS) is 23.2. The highest BCUT2D eigenvalue weighted by Gasteiger charge is 2.35. The lowest BCUT2D eigenvalue weighted by molar-refractivity contribution is -0.110. The van der Waals surface area contributed by atoms with Gasteiger partial charge in [-0.2, -0.15) is 17.0 Å². The van der Waals surface area contributed by atoms with Crippen molar-refractivity contribution in [2.45, 2.75) is 39.0 Å². The van der Waals surface area contributed by atoms with Crippen LogP contribution < -0.4 is 10.2 Å². The van der Waals surface area contributed by atoms with Crippen LogP contribution in [0.1, 0.15) is 44.6 Å². The number of carbonyl (C=O) groups excluding carboxylic acids is 1. The summed E-state index contributed by atoms with van der Waals surface area (Å²) in [5.74, 6) is -0.0307. The quantitative estimate of drug-likeness (QED) is 0.665. The third-order valence-corrected chi connectivity index (χ3v) is 8.92. The molecule has 1 aromatic carbocycles. The number of amides is 1. The molecular formula is C24H32N6O3S. The monoisotopic (exact) mass is 484 g/mol. The highest BCUT2D eigenvalue weighted by atomic mass is 32.2. The zero-order valence-corrected chi connectivity index (χ0v) is 21.0. The number of aliphatic imine (C=N–C) groups is 1. The van der Waals surface area contributed by atoms with E-state index >= 15 is 0 Å². The summed E-state index contributed by atoms with van der Waals surface area (Å²) in [4.78, 5) is 22.6. The Hall–Kier alpha value is -2.74. The van der Waals surface area contributed by atoms with Crippen LogP contribution in [0.2, 0.25) is 0 Å². The number of rotatable bonds is 4. The van der Waals surface area contributed by atoms with Crippen LogP contribution in [0.5, 0.6) is 0 Å². The fourth-order valence-corrected chi connectivity index (χ4v) is 5.88. The molecule has 1 aromatic rings. The average molecular weight is 485 g/mol. The molecule has 2 saturated heterocycles. The van der Waals surface area contributed by atoms with Crippen LogP contribution in [-0.2, 0) is 15.0 Å². The molecular weight excluding hydrogens is 452 g/mol. The van der Waals surface area contributed by atoms with Crippen molar-refractivity contribution in [1.29, 1.82) is 0 Å². The van der Waals surface area contributed by atoms with Crippen molar-refractivity contribution >= 4 is 33.2 Å². The molecule has 1 N–H and O–H groups in total. The Balaban J connectivity index is 1.63. The van der Waals surface area contributed by atoms with E-state index in [4.69, 9.17) is 6.57 Å². The summed E-state index contributed by atoms with van der Waals surface area (Å²) in [7, 11) is -0.195. The maximum atomic E-state index is 12.9. The predicted octanol–water partition coefficient (Wildman–Crippen LogP) is 3.06. The molecule has 10 heteroatoms. The van der Waals surface area contributed by atoms with Crippen LogP contribution in [0.3, 0.4) is 0 Å². The van der Waals surface area contributed by atoms with Gasteiger partial charge in [0, 0.05) is 52.6 Å². The Bertz CT molecular complexity index is 1170. The summed E-state index contributed by atoms with van der Waals surface area (Å²) >= 11 is 0. The van der Waals surface area contributed by atoms with Gasteiger partial charge in [-0.1, -0.05) is 32.6 Å². The highest BCUT2D eigenvalue weighted by Crippen LogP contribution is 2.38. The fraction of sp³-hybridized carbons (Fsp3) is 0.542. The van der Waals surface area contributed by atoms with E-state index < -0.39 is 10.2 Å².